The summed E-state index contributed by atoms with van der Waals surface area (Å²) < 4.78 is 10.3. The number of nitrogen functional groups attached to an aromatic ring is 1. The molecule has 1 aromatic rings. The summed E-state index contributed by atoms with van der Waals surface area (Å²) in [7, 11) is 1.60. The molecule has 0 saturated heterocycles. The van der Waals surface area contributed by atoms with Gasteiger partial charge in [-0.25, -0.2) is 0 Å². The van der Waals surface area contributed by atoms with Gasteiger partial charge in [-0.3, -0.25) is 9.59 Å². The predicted molar refractivity (Wildman–Crippen MR) is 71.5 cm³/mol. The molecule has 104 valence electrons. The van der Waals surface area contributed by atoms with Crippen LogP contribution in [0.1, 0.15) is 31.4 Å². The monoisotopic (exact) mass is 265 g/mol. The highest BCUT2D eigenvalue weighted by Crippen LogP contribution is 2.21. The SMILES string of the molecule is COC(CCOC(=O)CC(C)=O)c1ccc(N)cc1. The van der Waals surface area contributed by atoms with Gasteiger partial charge < -0.3 is 15.2 Å². The van der Waals surface area contributed by atoms with Gasteiger partial charge in [0.2, 0.25) is 0 Å². The van der Waals surface area contributed by atoms with Crippen LogP contribution in [0.25, 0.3) is 0 Å². The number of carbonyl (C=O) groups is 2. The first-order chi connectivity index (χ1) is 9.02. The van der Waals surface area contributed by atoms with Gasteiger partial charge >= 0.3 is 5.97 Å². The lowest BCUT2D eigenvalue weighted by atomic mass is 10.1. The smallest absolute Gasteiger partial charge is 0.313 e. The van der Waals surface area contributed by atoms with Crippen LogP contribution in [0.15, 0.2) is 24.3 Å². The van der Waals surface area contributed by atoms with E-state index in [9.17, 15) is 9.59 Å². The summed E-state index contributed by atoms with van der Waals surface area (Å²) in [6.45, 7) is 1.57. The fraction of sp³-hybridized carbons (Fsp3) is 0.429. The van der Waals surface area contributed by atoms with Crippen LogP contribution in [-0.4, -0.2) is 25.5 Å². The highest BCUT2D eigenvalue weighted by atomic mass is 16.5. The van der Waals surface area contributed by atoms with Gasteiger partial charge in [0.15, 0.2) is 0 Å². The second-order valence-electron chi connectivity index (χ2n) is 4.28. The zero-order valence-corrected chi connectivity index (χ0v) is 11.2. The Bertz CT molecular complexity index is 428. The van der Waals surface area contributed by atoms with Crippen molar-refractivity contribution in [3.63, 3.8) is 0 Å². The number of benzene rings is 1. The number of esters is 1. The van der Waals surface area contributed by atoms with Crippen LogP contribution in [-0.2, 0) is 19.1 Å². The third-order valence-electron chi connectivity index (χ3n) is 2.63. The summed E-state index contributed by atoms with van der Waals surface area (Å²) in [6.07, 6.45) is 0.189. The fourth-order valence-electron chi connectivity index (χ4n) is 1.67. The summed E-state index contributed by atoms with van der Waals surface area (Å²) in [5.74, 6) is -0.702. The molecule has 1 rings (SSSR count). The molecule has 1 atom stereocenters. The minimum atomic E-state index is -0.500. The zero-order valence-electron chi connectivity index (χ0n) is 11.2. The Balaban J connectivity index is 2.43. The van der Waals surface area contributed by atoms with E-state index in [4.69, 9.17) is 15.2 Å². The predicted octanol–water partition coefficient (Wildman–Crippen LogP) is 1.87. The van der Waals surface area contributed by atoms with E-state index in [0.29, 0.717) is 12.1 Å². The standard InChI is InChI=1S/C14H19NO4/c1-10(16)9-14(17)19-8-7-13(18-2)11-3-5-12(15)6-4-11/h3-6,13H,7-9,15H2,1-2H3. The molecule has 0 spiro atoms. The molecule has 19 heavy (non-hydrogen) atoms. The summed E-state index contributed by atoms with van der Waals surface area (Å²) in [4.78, 5) is 21.9. The average molecular weight is 265 g/mol. The van der Waals surface area contributed by atoms with Crippen molar-refractivity contribution in [3.8, 4) is 0 Å². The normalized spacial score (nSPS) is 11.9. The zero-order chi connectivity index (χ0) is 14.3. The molecule has 5 nitrogen and oxygen atoms in total. The summed E-state index contributed by atoms with van der Waals surface area (Å²) in [5, 5.41) is 0. The van der Waals surface area contributed by atoms with Gasteiger partial charge in [-0.05, 0) is 24.6 Å². The number of ether oxygens (including phenoxy) is 2. The molecule has 0 saturated carbocycles. The number of carbonyl (C=O) groups excluding carboxylic acids is 2. The maximum Gasteiger partial charge on any atom is 0.313 e. The maximum atomic E-state index is 11.2. The van der Waals surface area contributed by atoms with Gasteiger partial charge in [-0.15, -0.1) is 0 Å². The molecule has 0 aliphatic rings. The van der Waals surface area contributed by atoms with E-state index < -0.39 is 5.97 Å². The number of anilines is 1. The van der Waals surface area contributed by atoms with Crippen molar-refractivity contribution in [2.24, 2.45) is 0 Å². The maximum absolute atomic E-state index is 11.2. The summed E-state index contributed by atoms with van der Waals surface area (Å²) in [6, 6.07) is 7.34. The highest BCUT2D eigenvalue weighted by Gasteiger charge is 2.12. The third kappa shape index (κ3) is 5.52. The Hall–Kier alpha value is -1.88. The Kier molecular flexibility index (Phi) is 6.02. The van der Waals surface area contributed by atoms with Crippen LogP contribution in [0.4, 0.5) is 5.69 Å². The lowest BCUT2D eigenvalue weighted by Gasteiger charge is -2.15. The Morgan fingerprint density at radius 3 is 2.42 bits per heavy atom. The number of methoxy groups -OCH3 is 1. The first-order valence-corrected chi connectivity index (χ1v) is 6.06. The lowest BCUT2D eigenvalue weighted by molar-refractivity contribution is -0.146. The van der Waals surface area contributed by atoms with Gasteiger partial charge in [0.1, 0.15) is 12.2 Å². The van der Waals surface area contributed by atoms with E-state index in [1.54, 1.807) is 19.2 Å². The fourth-order valence-corrected chi connectivity index (χ4v) is 1.67. The number of hydrogen-bond acceptors (Lipinski definition) is 5. The van der Waals surface area contributed by atoms with Crippen molar-refractivity contribution in [3.05, 3.63) is 29.8 Å². The third-order valence-corrected chi connectivity index (χ3v) is 2.63. The number of rotatable bonds is 7. The Labute approximate surface area is 112 Å². The quantitative estimate of drug-likeness (QED) is 0.462. The van der Waals surface area contributed by atoms with Crippen molar-refractivity contribution in [1.82, 2.24) is 0 Å². The molecule has 0 heterocycles. The topological polar surface area (TPSA) is 78.6 Å². The van der Waals surface area contributed by atoms with Crippen LogP contribution in [0.5, 0.6) is 0 Å². The van der Waals surface area contributed by atoms with E-state index in [1.165, 1.54) is 6.92 Å². The van der Waals surface area contributed by atoms with Crippen molar-refractivity contribution in [2.75, 3.05) is 19.5 Å². The summed E-state index contributed by atoms with van der Waals surface area (Å²) in [5.41, 5.74) is 7.27. The van der Waals surface area contributed by atoms with E-state index in [1.807, 2.05) is 12.1 Å². The van der Waals surface area contributed by atoms with E-state index in [0.717, 1.165) is 5.56 Å². The largest absolute Gasteiger partial charge is 0.465 e. The Morgan fingerprint density at radius 2 is 1.89 bits per heavy atom. The van der Waals surface area contributed by atoms with Crippen molar-refractivity contribution >= 4 is 17.4 Å². The van der Waals surface area contributed by atoms with Gasteiger partial charge in [-0.2, -0.15) is 0 Å². The molecular weight excluding hydrogens is 246 g/mol. The second-order valence-corrected chi connectivity index (χ2v) is 4.28. The van der Waals surface area contributed by atoms with Crippen LogP contribution in [0.3, 0.4) is 0 Å². The van der Waals surface area contributed by atoms with Gasteiger partial charge in [-0.1, -0.05) is 12.1 Å². The number of Topliss-reactive ketones (excluding diaryl/α,β-unsaturated/α-hetero) is 1. The molecule has 0 aromatic heterocycles. The van der Waals surface area contributed by atoms with Gasteiger partial charge in [0, 0.05) is 19.2 Å². The van der Waals surface area contributed by atoms with Crippen LogP contribution < -0.4 is 5.73 Å². The molecule has 0 aliphatic carbocycles. The van der Waals surface area contributed by atoms with Crippen molar-refractivity contribution in [1.29, 1.82) is 0 Å². The molecule has 0 bridgehead atoms. The van der Waals surface area contributed by atoms with Crippen molar-refractivity contribution in [2.45, 2.75) is 25.9 Å². The van der Waals surface area contributed by atoms with Crippen LogP contribution in [0.2, 0.25) is 0 Å². The molecule has 5 heteroatoms. The van der Waals surface area contributed by atoms with Crippen LogP contribution >= 0.6 is 0 Å². The first kappa shape index (κ1) is 15.2. The minimum Gasteiger partial charge on any atom is -0.465 e. The van der Waals surface area contributed by atoms with Gasteiger partial charge in [0.05, 0.1) is 12.7 Å². The number of ketones is 1. The average Bonchev–Trinajstić information content (AvgIpc) is 2.35. The summed E-state index contributed by atoms with van der Waals surface area (Å²) >= 11 is 0. The van der Waals surface area contributed by atoms with E-state index in [2.05, 4.69) is 0 Å². The van der Waals surface area contributed by atoms with Crippen LogP contribution in [0, 0.1) is 0 Å². The van der Waals surface area contributed by atoms with E-state index >= 15 is 0 Å². The molecule has 1 unspecified atom stereocenters. The molecular formula is C14H19NO4. The molecule has 0 radical (unpaired) electrons. The molecule has 0 amide bonds. The lowest BCUT2D eigenvalue weighted by Crippen LogP contribution is -2.12. The molecule has 0 aliphatic heterocycles. The molecule has 2 N–H and O–H groups in total. The second kappa shape index (κ2) is 7.53. The van der Waals surface area contributed by atoms with E-state index in [-0.39, 0.29) is 24.9 Å². The molecule has 0 fully saturated rings. The number of hydrogen-bond donors (Lipinski definition) is 1. The highest BCUT2D eigenvalue weighted by molar-refractivity contribution is 5.94. The minimum absolute atomic E-state index is 0.161. The van der Waals surface area contributed by atoms with Crippen molar-refractivity contribution < 1.29 is 19.1 Å². The first-order valence-electron chi connectivity index (χ1n) is 6.06. The number of nitrogens with two attached hydrogens (primary N) is 1. The molecule has 1 aromatic carbocycles. The Morgan fingerprint density at radius 1 is 1.26 bits per heavy atom. The van der Waals surface area contributed by atoms with Gasteiger partial charge in [0.25, 0.3) is 0 Å².